The van der Waals surface area contributed by atoms with Crippen molar-refractivity contribution in [2.75, 3.05) is 37.5 Å². The van der Waals surface area contributed by atoms with Gasteiger partial charge in [-0.1, -0.05) is 17.7 Å². The Morgan fingerprint density at radius 3 is 2.11 bits per heavy atom. The molecule has 10 heteroatoms. The second-order valence-corrected chi connectivity index (χ2v) is 9.34. The van der Waals surface area contributed by atoms with Crippen LogP contribution in [0, 0.1) is 6.92 Å². The van der Waals surface area contributed by atoms with Crippen LogP contribution in [-0.4, -0.2) is 48.2 Å². The van der Waals surface area contributed by atoms with Crippen LogP contribution in [0.15, 0.2) is 71.6 Å². The highest BCUT2D eigenvalue weighted by molar-refractivity contribution is 7.92. The van der Waals surface area contributed by atoms with E-state index in [2.05, 4.69) is 10.1 Å². The standard InChI is InChI=1S/C25H26N2O7S/c1-17-5-12-21(13-6-17)35(30,31)27(22-15-20(32-2)11-14-23(22)33-3)16-24(28)26-19-9-7-18(8-10-19)25(29)34-4/h5-15H,16H2,1-4H3,(H,26,28). The van der Waals surface area contributed by atoms with Crippen LogP contribution in [-0.2, 0) is 19.6 Å². The summed E-state index contributed by atoms with van der Waals surface area (Å²) < 4.78 is 43.6. The van der Waals surface area contributed by atoms with E-state index < -0.39 is 28.4 Å². The molecule has 3 rings (SSSR count). The zero-order valence-corrected chi connectivity index (χ0v) is 20.6. The Morgan fingerprint density at radius 2 is 1.54 bits per heavy atom. The molecule has 0 aliphatic rings. The molecule has 0 saturated heterocycles. The van der Waals surface area contributed by atoms with Crippen molar-refractivity contribution in [2.45, 2.75) is 11.8 Å². The number of carbonyl (C=O) groups is 2. The first kappa shape index (κ1) is 25.6. The number of esters is 1. The van der Waals surface area contributed by atoms with Gasteiger partial charge in [-0.15, -0.1) is 0 Å². The van der Waals surface area contributed by atoms with Crippen LogP contribution in [0.2, 0.25) is 0 Å². The van der Waals surface area contributed by atoms with Crippen molar-refractivity contribution >= 4 is 33.3 Å². The van der Waals surface area contributed by atoms with Crippen LogP contribution >= 0.6 is 0 Å². The van der Waals surface area contributed by atoms with E-state index in [4.69, 9.17) is 9.47 Å². The highest BCUT2D eigenvalue weighted by Crippen LogP contribution is 2.35. The van der Waals surface area contributed by atoms with Gasteiger partial charge in [0.05, 0.1) is 37.5 Å². The molecule has 0 saturated carbocycles. The number of sulfonamides is 1. The van der Waals surface area contributed by atoms with Gasteiger partial charge >= 0.3 is 5.97 Å². The van der Waals surface area contributed by atoms with Crippen molar-refractivity contribution in [2.24, 2.45) is 0 Å². The summed E-state index contributed by atoms with van der Waals surface area (Å²) in [5, 5.41) is 2.66. The van der Waals surface area contributed by atoms with Gasteiger partial charge in [-0.3, -0.25) is 9.10 Å². The van der Waals surface area contributed by atoms with E-state index in [0.717, 1.165) is 9.87 Å². The first-order valence-electron chi connectivity index (χ1n) is 10.5. The van der Waals surface area contributed by atoms with Crippen LogP contribution in [0.1, 0.15) is 15.9 Å². The average Bonchev–Trinajstić information content (AvgIpc) is 2.87. The Morgan fingerprint density at radius 1 is 0.886 bits per heavy atom. The van der Waals surface area contributed by atoms with Gasteiger partial charge in [-0.2, -0.15) is 0 Å². The van der Waals surface area contributed by atoms with Crippen molar-refractivity contribution < 1.29 is 32.2 Å². The van der Waals surface area contributed by atoms with Crippen molar-refractivity contribution in [1.82, 2.24) is 0 Å². The van der Waals surface area contributed by atoms with E-state index in [-0.39, 0.29) is 16.3 Å². The quantitative estimate of drug-likeness (QED) is 0.449. The molecule has 0 heterocycles. The molecule has 1 N–H and O–H groups in total. The van der Waals surface area contributed by atoms with Crippen molar-refractivity contribution in [3.63, 3.8) is 0 Å². The predicted molar refractivity (Wildman–Crippen MR) is 132 cm³/mol. The predicted octanol–water partition coefficient (Wildman–Crippen LogP) is 3.63. The maximum Gasteiger partial charge on any atom is 0.337 e. The molecule has 0 atom stereocenters. The molecule has 0 unspecified atom stereocenters. The number of rotatable bonds is 9. The Bertz CT molecular complexity index is 1300. The van der Waals surface area contributed by atoms with Gasteiger partial charge in [0.15, 0.2) is 0 Å². The van der Waals surface area contributed by atoms with E-state index in [0.29, 0.717) is 17.0 Å². The number of amides is 1. The Hall–Kier alpha value is -4.05. The second-order valence-electron chi connectivity index (χ2n) is 7.48. The fourth-order valence-electron chi connectivity index (χ4n) is 3.27. The third kappa shape index (κ3) is 5.90. The summed E-state index contributed by atoms with van der Waals surface area (Å²) in [5.74, 6) is -0.472. The van der Waals surface area contributed by atoms with Crippen LogP contribution in [0.25, 0.3) is 0 Å². The lowest BCUT2D eigenvalue weighted by molar-refractivity contribution is -0.114. The molecule has 0 spiro atoms. The summed E-state index contributed by atoms with van der Waals surface area (Å²) >= 11 is 0. The van der Waals surface area contributed by atoms with Crippen molar-refractivity contribution in [3.8, 4) is 11.5 Å². The molecule has 1 amide bonds. The Labute approximate surface area is 204 Å². The number of aryl methyl sites for hydroxylation is 1. The molecule has 0 fully saturated rings. The molecule has 0 radical (unpaired) electrons. The fourth-order valence-corrected chi connectivity index (χ4v) is 4.69. The van der Waals surface area contributed by atoms with Gasteiger partial charge in [-0.05, 0) is 55.5 Å². The van der Waals surface area contributed by atoms with Crippen LogP contribution in [0.5, 0.6) is 11.5 Å². The van der Waals surface area contributed by atoms with Gasteiger partial charge in [0, 0.05) is 11.8 Å². The van der Waals surface area contributed by atoms with Crippen LogP contribution in [0.4, 0.5) is 11.4 Å². The Kier molecular flexibility index (Phi) is 7.98. The number of nitrogens with zero attached hydrogens (tertiary/aromatic N) is 1. The van der Waals surface area contributed by atoms with Crippen molar-refractivity contribution in [1.29, 1.82) is 0 Å². The number of ether oxygens (including phenoxy) is 3. The first-order chi connectivity index (χ1) is 16.7. The largest absolute Gasteiger partial charge is 0.497 e. The highest BCUT2D eigenvalue weighted by Gasteiger charge is 2.30. The number of anilines is 2. The number of methoxy groups -OCH3 is 3. The lowest BCUT2D eigenvalue weighted by Crippen LogP contribution is -2.38. The molecule has 3 aromatic carbocycles. The number of hydrogen-bond donors (Lipinski definition) is 1. The number of nitrogens with one attached hydrogen (secondary N) is 1. The third-order valence-electron chi connectivity index (χ3n) is 5.14. The van der Waals surface area contributed by atoms with E-state index >= 15 is 0 Å². The minimum atomic E-state index is -4.16. The molecule has 0 aromatic heterocycles. The maximum absolute atomic E-state index is 13.7. The van der Waals surface area contributed by atoms with E-state index in [1.54, 1.807) is 24.3 Å². The van der Waals surface area contributed by atoms with Gasteiger partial charge in [0.2, 0.25) is 5.91 Å². The molecule has 0 bridgehead atoms. The Balaban J connectivity index is 1.98. The minimum absolute atomic E-state index is 0.0169. The zero-order chi connectivity index (χ0) is 25.6. The van der Waals surface area contributed by atoms with Gasteiger partial charge < -0.3 is 19.5 Å². The number of carbonyl (C=O) groups excluding carboxylic acids is 2. The average molecular weight is 499 g/mol. The second kappa shape index (κ2) is 10.9. The lowest BCUT2D eigenvalue weighted by Gasteiger charge is -2.26. The molecule has 9 nitrogen and oxygen atoms in total. The molecular weight excluding hydrogens is 472 g/mol. The minimum Gasteiger partial charge on any atom is -0.497 e. The van der Waals surface area contributed by atoms with Gasteiger partial charge in [-0.25, -0.2) is 13.2 Å². The lowest BCUT2D eigenvalue weighted by atomic mass is 10.2. The molecule has 3 aromatic rings. The van der Waals surface area contributed by atoms with E-state index in [1.165, 1.54) is 63.8 Å². The summed E-state index contributed by atoms with van der Waals surface area (Å²) in [4.78, 5) is 24.6. The molecule has 0 aliphatic heterocycles. The van der Waals surface area contributed by atoms with Crippen LogP contribution in [0.3, 0.4) is 0 Å². The molecule has 0 aliphatic carbocycles. The summed E-state index contributed by atoms with van der Waals surface area (Å²) in [6.07, 6.45) is 0. The topological polar surface area (TPSA) is 111 Å². The van der Waals surface area contributed by atoms with Crippen LogP contribution < -0.4 is 19.1 Å². The third-order valence-corrected chi connectivity index (χ3v) is 6.91. The molecular formula is C25H26N2O7S. The number of hydrogen-bond acceptors (Lipinski definition) is 7. The van der Waals surface area contributed by atoms with Gasteiger partial charge in [0.25, 0.3) is 10.0 Å². The monoisotopic (exact) mass is 498 g/mol. The first-order valence-corrected chi connectivity index (χ1v) is 11.9. The number of benzene rings is 3. The smallest absolute Gasteiger partial charge is 0.337 e. The molecule has 35 heavy (non-hydrogen) atoms. The normalized spacial score (nSPS) is 10.9. The highest BCUT2D eigenvalue weighted by atomic mass is 32.2. The summed E-state index contributed by atoms with van der Waals surface area (Å²) in [6.45, 7) is 1.30. The zero-order valence-electron chi connectivity index (χ0n) is 19.8. The summed E-state index contributed by atoms with van der Waals surface area (Å²) in [7, 11) is -0.0285. The fraction of sp³-hybridized carbons (Fsp3) is 0.200. The summed E-state index contributed by atoms with van der Waals surface area (Å²) in [5.41, 5.74) is 1.73. The van der Waals surface area contributed by atoms with Crippen molar-refractivity contribution in [3.05, 3.63) is 77.9 Å². The van der Waals surface area contributed by atoms with E-state index in [9.17, 15) is 18.0 Å². The summed E-state index contributed by atoms with van der Waals surface area (Å²) in [6, 6.07) is 17.0. The van der Waals surface area contributed by atoms with E-state index in [1.807, 2.05) is 6.92 Å². The maximum atomic E-state index is 13.7. The van der Waals surface area contributed by atoms with Gasteiger partial charge in [0.1, 0.15) is 18.0 Å². The molecule has 184 valence electrons. The SMILES string of the molecule is COC(=O)c1ccc(NC(=O)CN(c2cc(OC)ccc2OC)S(=O)(=O)c2ccc(C)cc2)cc1.